The van der Waals surface area contributed by atoms with Crippen molar-refractivity contribution in [2.24, 2.45) is 5.41 Å². The van der Waals surface area contributed by atoms with Gasteiger partial charge in [0, 0.05) is 12.1 Å². The average Bonchev–Trinajstić information content (AvgIpc) is 3.21. The Balaban J connectivity index is 2.24. The number of amides is 3. The van der Waals surface area contributed by atoms with Crippen LogP contribution in [0.5, 0.6) is 0 Å². The van der Waals surface area contributed by atoms with E-state index >= 15 is 0 Å². The van der Waals surface area contributed by atoms with E-state index in [1.54, 1.807) is 26.8 Å². The minimum absolute atomic E-state index is 0.209. The molecule has 1 aromatic rings. The number of halogens is 1. The highest BCUT2D eigenvalue weighted by molar-refractivity contribution is 6.33. The highest BCUT2D eigenvalue weighted by Gasteiger charge is 2.42. The van der Waals surface area contributed by atoms with Crippen LogP contribution >= 0.6 is 11.6 Å². The summed E-state index contributed by atoms with van der Waals surface area (Å²) >= 11 is 6.00. The molecular weight excluding hydrogens is 450 g/mol. The minimum atomic E-state index is -1.38. The van der Waals surface area contributed by atoms with Crippen LogP contribution in [0.4, 0.5) is 5.69 Å². The Labute approximate surface area is 196 Å². The number of hydrogen-bond acceptors (Lipinski definition) is 6. The molecule has 1 aromatic carbocycles. The second-order valence-corrected chi connectivity index (χ2v) is 9.10. The highest BCUT2D eigenvalue weighted by Crippen LogP contribution is 2.27. The first-order chi connectivity index (χ1) is 15.3. The number of allylic oxidation sites excluding steroid dienone is 1. The molecule has 1 aliphatic heterocycles. The molecule has 33 heavy (non-hydrogen) atoms. The van der Waals surface area contributed by atoms with Crippen LogP contribution in [0.15, 0.2) is 30.0 Å². The molecule has 11 heteroatoms. The van der Waals surface area contributed by atoms with Gasteiger partial charge in [0.2, 0.25) is 11.8 Å². The monoisotopic (exact) mass is 475 g/mol. The van der Waals surface area contributed by atoms with Crippen molar-refractivity contribution in [1.29, 1.82) is 5.26 Å². The number of aliphatic carboxylic acids is 1. The number of rotatable bonds is 6. The first-order valence-corrected chi connectivity index (χ1v) is 10.5. The number of carboxylic acids is 1. The molecule has 1 aliphatic rings. The van der Waals surface area contributed by atoms with Crippen LogP contribution in [0.2, 0.25) is 5.02 Å². The third kappa shape index (κ3) is 6.46. The minimum Gasteiger partial charge on any atom is -0.478 e. The summed E-state index contributed by atoms with van der Waals surface area (Å²) in [6.07, 6.45) is 1.45. The number of anilines is 1. The van der Waals surface area contributed by atoms with Gasteiger partial charge in [-0.2, -0.15) is 5.26 Å². The Kier molecular flexibility index (Phi) is 8.06. The molecule has 0 bridgehead atoms. The number of nitriles is 1. The van der Waals surface area contributed by atoms with E-state index in [9.17, 15) is 19.2 Å². The first-order valence-electron chi connectivity index (χ1n) is 10.2. The lowest BCUT2D eigenvalue weighted by molar-refractivity contribution is -0.141. The standard InChI is InChI=1S/C22H26ClN5O5/c1-22(2,3)18(27-19(31)12-6-7-15(25)14(23)9-12)21(33)28-8-4-5-16(28)20(32)26-13(11-24)10-17(29)30/h6-7,9-10,16,18H,4-5,8,25H2,1-3H3,(H,26,32)(H,27,31)(H,29,30)/b13-10+/t16-,18+/m0/s1. The van der Waals surface area contributed by atoms with E-state index in [0.717, 1.165) is 0 Å². The summed E-state index contributed by atoms with van der Waals surface area (Å²) in [6, 6.07) is 4.10. The van der Waals surface area contributed by atoms with E-state index in [1.165, 1.54) is 23.1 Å². The van der Waals surface area contributed by atoms with Crippen molar-refractivity contribution in [3.05, 3.63) is 40.6 Å². The number of carbonyl (C=O) groups is 4. The number of carbonyl (C=O) groups excluding carboxylic acids is 3. The molecule has 0 saturated carbocycles. The maximum Gasteiger partial charge on any atom is 0.331 e. The zero-order chi connectivity index (χ0) is 24.9. The SMILES string of the molecule is CC(C)(C)[C@H](NC(=O)c1ccc(N)c(Cl)c1)C(=O)N1CCC[C@H]1C(=O)N/C(C#N)=C/C(=O)O. The molecule has 176 valence electrons. The summed E-state index contributed by atoms with van der Waals surface area (Å²) in [5, 5.41) is 23.0. The molecule has 2 rings (SSSR count). The van der Waals surface area contributed by atoms with Gasteiger partial charge in [0.25, 0.3) is 5.91 Å². The Morgan fingerprint density at radius 1 is 1.33 bits per heavy atom. The Bertz CT molecular complexity index is 1040. The van der Waals surface area contributed by atoms with Crippen molar-refractivity contribution in [3.8, 4) is 6.07 Å². The molecule has 1 fully saturated rings. The van der Waals surface area contributed by atoms with Crippen LogP contribution in [0.25, 0.3) is 0 Å². The van der Waals surface area contributed by atoms with Gasteiger partial charge in [-0.1, -0.05) is 32.4 Å². The third-order valence-electron chi connectivity index (χ3n) is 5.14. The molecule has 0 unspecified atom stereocenters. The molecule has 2 atom stereocenters. The number of nitrogen functional groups attached to an aromatic ring is 1. The van der Waals surface area contributed by atoms with Crippen molar-refractivity contribution >= 4 is 41.0 Å². The van der Waals surface area contributed by atoms with E-state index in [1.807, 2.05) is 0 Å². The zero-order valence-corrected chi connectivity index (χ0v) is 19.3. The van der Waals surface area contributed by atoms with E-state index in [-0.39, 0.29) is 17.1 Å². The van der Waals surface area contributed by atoms with Gasteiger partial charge in [0.1, 0.15) is 23.8 Å². The first kappa shape index (κ1) is 25.7. The lowest BCUT2D eigenvalue weighted by Gasteiger charge is -2.35. The fourth-order valence-corrected chi connectivity index (χ4v) is 3.62. The van der Waals surface area contributed by atoms with Crippen LogP contribution in [-0.2, 0) is 14.4 Å². The van der Waals surface area contributed by atoms with Crippen molar-refractivity contribution in [3.63, 3.8) is 0 Å². The third-order valence-corrected chi connectivity index (χ3v) is 5.46. The fraction of sp³-hybridized carbons (Fsp3) is 0.409. The van der Waals surface area contributed by atoms with Crippen LogP contribution < -0.4 is 16.4 Å². The largest absolute Gasteiger partial charge is 0.478 e. The second-order valence-electron chi connectivity index (χ2n) is 8.70. The molecule has 3 amide bonds. The summed E-state index contributed by atoms with van der Waals surface area (Å²) < 4.78 is 0. The Morgan fingerprint density at radius 3 is 2.55 bits per heavy atom. The van der Waals surface area contributed by atoms with Crippen molar-refractivity contribution in [2.75, 3.05) is 12.3 Å². The van der Waals surface area contributed by atoms with E-state index in [2.05, 4.69) is 10.6 Å². The van der Waals surface area contributed by atoms with Crippen LogP contribution in [0.1, 0.15) is 44.0 Å². The summed E-state index contributed by atoms with van der Waals surface area (Å²) in [4.78, 5) is 51.1. The van der Waals surface area contributed by atoms with Gasteiger partial charge < -0.3 is 26.4 Å². The molecule has 0 aromatic heterocycles. The normalized spacial score (nSPS) is 17.1. The number of nitrogens with one attached hydrogen (secondary N) is 2. The van der Waals surface area contributed by atoms with E-state index < -0.39 is 46.9 Å². The smallest absolute Gasteiger partial charge is 0.331 e. The van der Waals surface area contributed by atoms with Crippen molar-refractivity contribution in [1.82, 2.24) is 15.5 Å². The summed E-state index contributed by atoms with van der Waals surface area (Å²) in [5.41, 5.74) is 5.09. The van der Waals surface area contributed by atoms with E-state index in [0.29, 0.717) is 24.6 Å². The molecular formula is C22H26ClN5O5. The molecule has 0 aliphatic carbocycles. The Hall–Kier alpha value is -3.58. The van der Waals surface area contributed by atoms with Gasteiger partial charge in [0.05, 0.1) is 16.8 Å². The number of likely N-dealkylation sites (tertiary alicyclic amines) is 1. The van der Waals surface area contributed by atoms with Gasteiger partial charge in [0.15, 0.2) is 0 Å². The second kappa shape index (κ2) is 10.4. The summed E-state index contributed by atoms with van der Waals surface area (Å²) in [5.74, 6) is -3.04. The fourth-order valence-electron chi connectivity index (χ4n) is 3.44. The van der Waals surface area contributed by atoms with Crippen LogP contribution in [0, 0.1) is 16.7 Å². The van der Waals surface area contributed by atoms with Crippen molar-refractivity contribution in [2.45, 2.75) is 45.7 Å². The molecule has 1 saturated heterocycles. The molecule has 1 heterocycles. The van der Waals surface area contributed by atoms with Gasteiger partial charge in [-0.3, -0.25) is 14.4 Å². The van der Waals surface area contributed by atoms with Crippen LogP contribution in [-0.4, -0.2) is 52.3 Å². The lowest BCUT2D eigenvalue weighted by Crippen LogP contribution is -2.57. The van der Waals surface area contributed by atoms with Gasteiger partial charge in [-0.25, -0.2) is 4.79 Å². The summed E-state index contributed by atoms with van der Waals surface area (Å²) in [6.45, 7) is 5.61. The number of nitrogens with zero attached hydrogens (tertiary/aromatic N) is 2. The summed E-state index contributed by atoms with van der Waals surface area (Å²) in [7, 11) is 0. The predicted octanol–water partition coefficient (Wildman–Crippen LogP) is 1.67. The number of carboxylic acid groups (broad SMARTS) is 1. The number of nitrogens with two attached hydrogens (primary N) is 1. The quantitative estimate of drug-likeness (QED) is 0.276. The van der Waals surface area contributed by atoms with Gasteiger partial charge >= 0.3 is 5.97 Å². The maximum atomic E-state index is 13.4. The molecule has 0 spiro atoms. The molecule has 5 N–H and O–H groups in total. The van der Waals surface area contributed by atoms with Crippen LogP contribution in [0.3, 0.4) is 0 Å². The zero-order valence-electron chi connectivity index (χ0n) is 18.5. The predicted molar refractivity (Wildman–Crippen MR) is 121 cm³/mol. The van der Waals surface area contributed by atoms with Gasteiger partial charge in [-0.15, -0.1) is 0 Å². The van der Waals surface area contributed by atoms with Gasteiger partial charge in [-0.05, 0) is 36.5 Å². The maximum absolute atomic E-state index is 13.4. The highest BCUT2D eigenvalue weighted by atomic mass is 35.5. The average molecular weight is 476 g/mol. The number of benzene rings is 1. The Morgan fingerprint density at radius 2 is 2.00 bits per heavy atom. The molecule has 10 nitrogen and oxygen atoms in total. The number of hydrogen-bond donors (Lipinski definition) is 4. The molecule has 0 radical (unpaired) electrons. The van der Waals surface area contributed by atoms with Crippen molar-refractivity contribution < 1.29 is 24.3 Å². The van der Waals surface area contributed by atoms with E-state index in [4.69, 9.17) is 27.7 Å². The lowest BCUT2D eigenvalue weighted by atomic mass is 9.85. The topological polar surface area (TPSA) is 166 Å².